The van der Waals surface area contributed by atoms with Crippen LogP contribution in [0.5, 0.6) is 5.88 Å². The normalized spacial score (nSPS) is 15.6. The van der Waals surface area contributed by atoms with Gasteiger partial charge >= 0.3 is 6.18 Å². The first-order valence-corrected chi connectivity index (χ1v) is 7.57. The summed E-state index contributed by atoms with van der Waals surface area (Å²) in [6.07, 6.45) is -4.52. The van der Waals surface area contributed by atoms with E-state index in [2.05, 4.69) is 16.8 Å². The predicted octanol–water partition coefficient (Wildman–Crippen LogP) is 3.42. The molecule has 1 aliphatic rings. The molecule has 4 nitrogen and oxygen atoms in total. The first-order chi connectivity index (χ1) is 12.1. The second-order valence-corrected chi connectivity index (χ2v) is 6.11. The van der Waals surface area contributed by atoms with Gasteiger partial charge in [0.25, 0.3) is 0 Å². The summed E-state index contributed by atoms with van der Waals surface area (Å²) in [5.41, 5.74) is -2.25. The number of hydrogen-bond donors (Lipinski definition) is 0. The molecular formula is C19H12F3NO3. The predicted molar refractivity (Wildman–Crippen MR) is 85.7 cm³/mol. The minimum atomic E-state index is -4.52. The maximum atomic E-state index is 13.0. The molecule has 0 saturated heterocycles. The Labute approximate surface area is 147 Å². The van der Waals surface area contributed by atoms with E-state index in [0.29, 0.717) is 0 Å². The smallest absolute Gasteiger partial charge is 0.417 e. The molecule has 0 N–H and O–H groups in total. The van der Waals surface area contributed by atoms with Crippen molar-refractivity contribution in [3.05, 3.63) is 58.8 Å². The standard InChI is InChI=1S/C19H12F3NO3/c1-18(2)16(25)15(24)13-10-9-12(23-17(13)26-18)8-7-11-5-3-4-6-14(11)19(20,21)22/h3-6,9-10H,1-2H3. The number of nitrogens with zero attached hydrogens (tertiary/aromatic N) is 1. The molecule has 0 bridgehead atoms. The highest BCUT2D eigenvalue weighted by Crippen LogP contribution is 2.32. The monoisotopic (exact) mass is 359 g/mol. The van der Waals surface area contributed by atoms with Gasteiger partial charge in [0, 0.05) is 5.56 Å². The van der Waals surface area contributed by atoms with Crippen molar-refractivity contribution in [2.24, 2.45) is 0 Å². The minimum Gasteiger partial charge on any atom is -0.463 e. The van der Waals surface area contributed by atoms with Gasteiger partial charge in [-0.05, 0) is 44.0 Å². The Balaban J connectivity index is 2.00. The summed E-state index contributed by atoms with van der Waals surface area (Å²) in [6, 6.07) is 7.63. The van der Waals surface area contributed by atoms with Crippen LogP contribution in [-0.4, -0.2) is 22.2 Å². The Hall–Kier alpha value is -3.14. The molecule has 0 aliphatic carbocycles. The molecular weight excluding hydrogens is 347 g/mol. The third-order valence-corrected chi connectivity index (χ3v) is 3.77. The lowest BCUT2D eigenvalue weighted by molar-refractivity contribution is -0.137. The molecule has 26 heavy (non-hydrogen) atoms. The molecule has 132 valence electrons. The van der Waals surface area contributed by atoms with Crippen molar-refractivity contribution in [1.82, 2.24) is 4.98 Å². The Kier molecular flexibility index (Phi) is 4.07. The number of fused-ring (bicyclic) bond motifs is 1. The summed E-state index contributed by atoms with van der Waals surface area (Å²) in [7, 11) is 0. The van der Waals surface area contributed by atoms with Crippen molar-refractivity contribution >= 4 is 11.6 Å². The number of benzene rings is 1. The summed E-state index contributed by atoms with van der Waals surface area (Å²) in [5, 5.41) is 0. The number of aromatic nitrogens is 1. The van der Waals surface area contributed by atoms with Gasteiger partial charge in [-0.25, -0.2) is 4.98 Å². The van der Waals surface area contributed by atoms with E-state index in [9.17, 15) is 22.8 Å². The van der Waals surface area contributed by atoms with Gasteiger partial charge in [0.15, 0.2) is 5.60 Å². The highest BCUT2D eigenvalue weighted by molar-refractivity contribution is 6.47. The van der Waals surface area contributed by atoms with Crippen LogP contribution >= 0.6 is 0 Å². The number of ether oxygens (including phenoxy) is 1. The molecule has 1 aromatic heterocycles. The Morgan fingerprint density at radius 1 is 1.04 bits per heavy atom. The van der Waals surface area contributed by atoms with Crippen LogP contribution in [0.1, 0.15) is 41.0 Å². The molecule has 0 amide bonds. The van der Waals surface area contributed by atoms with Crippen LogP contribution in [0.2, 0.25) is 0 Å². The van der Waals surface area contributed by atoms with Gasteiger partial charge in [-0.3, -0.25) is 9.59 Å². The first-order valence-electron chi connectivity index (χ1n) is 7.57. The fourth-order valence-corrected chi connectivity index (χ4v) is 2.42. The van der Waals surface area contributed by atoms with Gasteiger partial charge in [0.05, 0.1) is 11.1 Å². The van der Waals surface area contributed by atoms with Crippen LogP contribution in [0, 0.1) is 11.8 Å². The third-order valence-electron chi connectivity index (χ3n) is 3.77. The van der Waals surface area contributed by atoms with E-state index in [4.69, 9.17) is 4.74 Å². The molecule has 2 heterocycles. The van der Waals surface area contributed by atoms with Crippen molar-refractivity contribution in [2.75, 3.05) is 0 Å². The third kappa shape index (κ3) is 3.18. The molecule has 7 heteroatoms. The average molecular weight is 359 g/mol. The van der Waals surface area contributed by atoms with Crippen LogP contribution in [0.15, 0.2) is 36.4 Å². The summed E-state index contributed by atoms with van der Waals surface area (Å²) < 4.78 is 44.4. The largest absolute Gasteiger partial charge is 0.463 e. The van der Waals surface area contributed by atoms with Crippen LogP contribution in [0.3, 0.4) is 0 Å². The number of hydrogen-bond acceptors (Lipinski definition) is 4. The second-order valence-electron chi connectivity index (χ2n) is 6.11. The first kappa shape index (κ1) is 17.7. The number of carbonyl (C=O) groups is 2. The zero-order valence-electron chi connectivity index (χ0n) is 13.8. The van der Waals surface area contributed by atoms with E-state index in [-0.39, 0.29) is 22.7 Å². The van der Waals surface area contributed by atoms with E-state index in [1.54, 1.807) is 0 Å². The van der Waals surface area contributed by atoms with E-state index < -0.39 is 28.9 Å². The van der Waals surface area contributed by atoms with Crippen LogP contribution in [0.25, 0.3) is 0 Å². The number of carbonyl (C=O) groups excluding carboxylic acids is 2. The minimum absolute atomic E-state index is 0.00978. The molecule has 2 aromatic rings. The number of ketones is 2. The zero-order chi connectivity index (χ0) is 19.1. The summed E-state index contributed by atoms with van der Waals surface area (Å²) in [6.45, 7) is 2.88. The number of alkyl halides is 3. The highest BCUT2D eigenvalue weighted by atomic mass is 19.4. The van der Waals surface area contributed by atoms with Crippen LogP contribution in [-0.2, 0) is 11.0 Å². The quantitative estimate of drug-likeness (QED) is 0.534. The van der Waals surface area contributed by atoms with Gasteiger partial charge in [0.1, 0.15) is 5.69 Å². The highest BCUT2D eigenvalue weighted by Gasteiger charge is 2.42. The maximum absolute atomic E-state index is 13.0. The molecule has 0 spiro atoms. The summed E-state index contributed by atoms with van der Waals surface area (Å²) in [5.74, 6) is 3.52. The van der Waals surface area contributed by atoms with Crippen LogP contribution < -0.4 is 4.74 Å². The van der Waals surface area contributed by atoms with E-state index in [0.717, 1.165) is 6.07 Å². The molecule has 0 fully saturated rings. The van der Waals surface area contributed by atoms with Crippen molar-refractivity contribution < 1.29 is 27.5 Å². The van der Waals surface area contributed by atoms with Crippen molar-refractivity contribution in [2.45, 2.75) is 25.6 Å². The van der Waals surface area contributed by atoms with Gasteiger partial charge in [0.2, 0.25) is 17.4 Å². The lowest BCUT2D eigenvalue weighted by Gasteiger charge is -2.28. The van der Waals surface area contributed by atoms with Gasteiger partial charge in [-0.2, -0.15) is 13.2 Å². The van der Waals surface area contributed by atoms with Crippen molar-refractivity contribution in [3.63, 3.8) is 0 Å². The Bertz CT molecular complexity index is 981. The lowest BCUT2D eigenvalue weighted by atomic mass is 9.93. The number of pyridine rings is 1. The summed E-state index contributed by atoms with van der Waals surface area (Å²) in [4.78, 5) is 28.0. The van der Waals surface area contributed by atoms with Gasteiger partial charge < -0.3 is 4.74 Å². The fourth-order valence-electron chi connectivity index (χ4n) is 2.42. The summed E-state index contributed by atoms with van der Waals surface area (Å²) >= 11 is 0. The SMILES string of the molecule is CC1(C)Oc2nc(C#Cc3ccccc3C(F)(F)F)ccc2C(=O)C1=O. The van der Waals surface area contributed by atoms with Crippen molar-refractivity contribution in [1.29, 1.82) is 0 Å². The fraction of sp³-hybridized carbons (Fsp3) is 0.211. The zero-order valence-corrected chi connectivity index (χ0v) is 13.8. The molecule has 3 rings (SSSR count). The van der Waals surface area contributed by atoms with Gasteiger partial charge in [-0.1, -0.05) is 18.1 Å². The number of Topliss-reactive ketones (excluding diaryl/α,β-unsaturated/α-hetero) is 2. The molecule has 1 aliphatic heterocycles. The molecule has 0 radical (unpaired) electrons. The molecule has 0 saturated carbocycles. The molecule has 0 atom stereocenters. The lowest BCUT2D eigenvalue weighted by Crippen LogP contribution is -2.46. The van der Waals surface area contributed by atoms with E-state index in [1.165, 1.54) is 44.2 Å². The topological polar surface area (TPSA) is 56.3 Å². The average Bonchev–Trinajstić information content (AvgIpc) is 2.57. The Morgan fingerprint density at radius 3 is 2.42 bits per heavy atom. The second kappa shape index (κ2) is 5.99. The molecule has 1 aromatic carbocycles. The number of halogens is 3. The number of rotatable bonds is 0. The molecule has 0 unspecified atom stereocenters. The van der Waals surface area contributed by atoms with Crippen molar-refractivity contribution in [3.8, 4) is 17.7 Å². The van der Waals surface area contributed by atoms with Gasteiger partial charge in [-0.15, -0.1) is 0 Å². The van der Waals surface area contributed by atoms with E-state index in [1.807, 2.05) is 0 Å². The van der Waals surface area contributed by atoms with Crippen LogP contribution in [0.4, 0.5) is 13.2 Å². The van der Waals surface area contributed by atoms with E-state index >= 15 is 0 Å². The maximum Gasteiger partial charge on any atom is 0.417 e. The Morgan fingerprint density at radius 2 is 1.73 bits per heavy atom.